The highest BCUT2D eigenvalue weighted by atomic mass is 16.5. The van der Waals surface area contributed by atoms with Gasteiger partial charge in [-0.05, 0) is 13.3 Å². The molecule has 0 heterocycles. The Balaban J connectivity index is 2.88. The molecule has 0 aromatic carbocycles. The van der Waals surface area contributed by atoms with Crippen molar-refractivity contribution in [2.24, 2.45) is 0 Å². The summed E-state index contributed by atoms with van der Waals surface area (Å²) in [5.41, 5.74) is 0. The van der Waals surface area contributed by atoms with Crippen LogP contribution in [0.3, 0.4) is 0 Å². The summed E-state index contributed by atoms with van der Waals surface area (Å²) in [4.78, 5) is 0. The second-order valence-corrected chi connectivity index (χ2v) is 1.99. The molecule has 0 amide bonds. The molecule has 0 rings (SSSR count). The van der Waals surface area contributed by atoms with Gasteiger partial charge in [-0.25, -0.2) is 0 Å². The molecular formula is C7H15O2. The van der Waals surface area contributed by atoms with Crippen LogP contribution in [0.2, 0.25) is 0 Å². The zero-order chi connectivity index (χ0) is 7.11. The molecule has 9 heavy (non-hydrogen) atoms. The van der Waals surface area contributed by atoms with E-state index >= 15 is 0 Å². The highest BCUT2D eigenvalue weighted by Crippen LogP contribution is 1.88. The van der Waals surface area contributed by atoms with Gasteiger partial charge in [-0.2, -0.15) is 0 Å². The van der Waals surface area contributed by atoms with E-state index in [4.69, 9.17) is 9.47 Å². The molecule has 0 N–H and O–H groups in total. The molecule has 0 aliphatic carbocycles. The topological polar surface area (TPSA) is 18.5 Å². The standard InChI is InChI=1S/C7H15O2/c1-4-5-9-6-7(2)8-3/h4,7H,5-6H2,1-3H3. The number of ether oxygens (including phenoxy) is 2. The molecule has 0 fully saturated rings. The predicted octanol–water partition coefficient (Wildman–Crippen LogP) is 1.26. The van der Waals surface area contributed by atoms with Crippen molar-refractivity contribution >= 4 is 0 Å². The zero-order valence-corrected chi connectivity index (χ0v) is 6.39. The molecule has 0 aromatic heterocycles. The molecule has 2 heteroatoms. The van der Waals surface area contributed by atoms with Gasteiger partial charge in [-0.15, -0.1) is 0 Å². The van der Waals surface area contributed by atoms with E-state index < -0.39 is 0 Å². The molecular weight excluding hydrogens is 116 g/mol. The van der Waals surface area contributed by atoms with Gasteiger partial charge in [0.1, 0.15) is 0 Å². The summed E-state index contributed by atoms with van der Waals surface area (Å²) >= 11 is 0. The maximum Gasteiger partial charge on any atom is 0.0776 e. The van der Waals surface area contributed by atoms with E-state index in [0.29, 0.717) is 13.2 Å². The van der Waals surface area contributed by atoms with Gasteiger partial charge >= 0.3 is 0 Å². The Morgan fingerprint density at radius 2 is 2.22 bits per heavy atom. The maximum atomic E-state index is 5.15. The molecule has 0 aliphatic rings. The largest absolute Gasteiger partial charge is 0.379 e. The Hall–Kier alpha value is -0.0800. The fraction of sp³-hybridized carbons (Fsp3) is 0.857. The molecule has 0 saturated carbocycles. The Kier molecular flexibility index (Phi) is 5.99. The summed E-state index contributed by atoms with van der Waals surface area (Å²) in [5.74, 6) is 0. The van der Waals surface area contributed by atoms with E-state index in [1.165, 1.54) is 0 Å². The fourth-order valence-corrected chi connectivity index (χ4v) is 0.420. The van der Waals surface area contributed by atoms with Gasteiger partial charge in [0.05, 0.1) is 12.7 Å². The van der Waals surface area contributed by atoms with E-state index in [2.05, 4.69) is 0 Å². The molecule has 0 bridgehead atoms. The van der Waals surface area contributed by atoms with E-state index in [1.807, 2.05) is 20.3 Å². The Morgan fingerprint density at radius 3 is 2.67 bits per heavy atom. The van der Waals surface area contributed by atoms with Crippen molar-refractivity contribution in [1.82, 2.24) is 0 Å². The van der Waals surface area contributed by atoms with Crippen molar-refractivity contribution in [2.45, 2.75) is 20.0 Å². The number of methoxy groups -OCH3 is 1. The van der Waals surface area contributed by atoms with Crippen molar-refractivity contribution in [3.63, 3.8) is 0 Å². The van der Waals surface area contributed by atoms with Crippen LogP contribution >= 0.6 is 0 Å². The molecule has 0 aromatic rings. The molecule has 0 spiro atoms. The normalized spacial score (nSPS) is 13.7. The van der Waals surface area contributed by atoms with Crippen LogP contribution in [0.4, 0.5) is 0 Å². The predicted molar refractivity (Wildman–Crippen MR) is 37.3 cm³/mol. The van der Waals surface area contributed by atoms with Gasteiger partial charge in [0, 0.05) is 13.7 Å². The lowest BCUT2D eigenvalue weighted by Crippen LogP contribution is -2.13. The van der Waals surface area contributed by atoms with Gasteiger partial charge in [-0.1, -0.05) is 6.92 Å². The van der Waals surface area contributed by atoms with E-state index in [9.17, 15) is 0 Å². The van der Waals surface area contributed by atoms with Crippen LogP contribution < -0.4 is 0 Å². The third kappa shape index (κ3) is 5.80. The average molecular weight is 131 g/mol. The minimum absolute atomic E-state index is 0.213. The molecule has 0 saturated heterocycles. The van der Waals surface area contributed by atoms with Crippen LogP contribution in [0.15, 0.2) is 0 Å². The molecule has 1 unspecified atom stereocenters. The molecule has 2 nitrogen and oxygen atoms in total. The Bertz CT molecular complexity index is 54.9. The van der Waals surface area contributed by atoms with Crippen LogP contribution in [0.1, 0.15) is 13.8 Å². The highest BCUT2D eigenvalue weighted by molar-refractivity contribution is 4.53. The first-order valence-electron chi connectivity index (χ1n) is 3.19. The zero-order valence-electron chi connectivity index (χ0n) is 6.39. The van der Waals surface area contributed by atoms with Crippen molar-refractivity contribution in [3.8, 4) is 0 Å². The molecule has 1 radical (unpaired) electrons. The maximum absolute atomic E-state index is 5.15. The Morgan fingerprint density at radius 1 is 1.56 bits per heavy atom. The lowest BCUT2D eigenvalue weighted by Gasteiger charge is -2.08. The van der Waals surface area contributed by atoms with E-state index in [1.54, 1.807) is 7.11 Å². The van der Waals surface area contributed by atoms with E-state index in [0.717, 1.165) is 0 Å². The summed E-state index contributed by atoms with van der Waals surface area (Å²) in [7, 11) is 1.68. The second kappa shape index (κ2) is 6.05. The van der Waals surface area contributed by atoms with E-state index in [-0.39, 0.29) is 6.10 Å². The van der Waals surface area contributed by atoms with Gasteiger partial charge in [0.25, 0.3) is 0 Å². The first kappa shape index (κ1) is 8.92. The third-order valence-corrected chi connectivity index (χ3v) is 1.04. The highest BCUT2D eigenvalue weighted by Gasteiger charge is 1.96. The van der Waals surface area contributed by atoms with Gasteiger partial charge in [0.2, 0.25) is 0 Å². The monoisotopic (exact) mass is 131 g/mol. The molecule has 1 atom stereocenters. The second-order valence-electron chi connectivity index (χ2n) is 1.99. The smallest absolute Gasteiger partial charge is 0.0776 e. The number of hydrogen-bond acceptors (Lipinski definition) is 2. The van der Waals surface area contributed by atoms with Crippen molar-refractivity contribution < 1.29 is 9.47 Å². The SMILES string of the molecule is C[CH]COCC(C)OC. The van der Waals surface area contributed by atoms with Crippen molar-refractivity contribution in [2.75, 3.05) is 20.3 Å². The van der Waals surface area contributed by atoms with Gasteiger partial charge in [0.15, 0.2) is 0 Å². The molecule has 0 aliphatic heterocycles. The quantitative estimate of drug-likeness (QED) is 0.523. The van der Waals surface area contributed by atoms with Crippen molar-refractivity contribution in [3.05, 3.63) is 6.42 Å². The summed E-state index contributed by atoms with van der Waals surface area (Å²) in [6.07, 6.45) is 2.19. The fourth-order valence-electron chi connectivity index (χ4n) is 0.420. The van der Waals surface area contributed by atoms with Gasteiger partial charge < -0.3 is 9.47 Å². The Labute approximate surface area is 57.2 Å². The number of hydrogen-bond donors (Lipinski definition) is 0. The first-order chi connectivity index (χ1) is 4.31. The number of rotatable bonds is 5. The average Bonchev–Trinajstić information content (AvgIpc) is 1.89. The lowest BCUT2D eigenvalue weighted by molar-refractivity contribution is 0.0257. The van der Waals surface area contributed by atoms with Crippen molar-refractivity contribution in [1.29, 1.82) is 0 Å². The minimum Gasteiger partial charge on any atom is -0.379 e. The van der Waals surface area contributed by atoms with Crippen LogP contribution in [0.5, 0.6) is 0 Å². The van der Waals surface area contributed by atoms with Gasteiger partial charge in [-0.3, -0.25) is 0 Å². The summed E-state index contributed by atoms with van der Waals surface area (Å²) in [6.45, 7) is 5.35. The van der Waals surface area contributed by atoms with Crippen LogP contribution in [-0.2, 0) is 9.47 Å². The third-order valence-electron chi connectivity index (χ3n) is 1.04. The summed E-state index contributed by atoms with van der Waals surface area (Å²) < 4.78 is 10.1. The minimum atomic E-state index is 0.213. The molecule has 55 valence electrons. The van der Waals surface area contributed by atoms with Crippen LogP contribution in [0.25, 0.3) is 0 Å². The summed E-state index contributed by atoms with van der Waals surface area (Å²) in [5, 5.41) is 0. The first-order valence-corrected chi connectivity index (χ1v) is 3.19. The lowest BCUT2D eigenvalue weighted by atomic mass is 10.4. The van der Waals surface area contributed by atoms with Crippen LogP contribution in [0, 0.1) is 6.42 Å². The summed E-state index contributed by atoms with van der Waals surface area (Å²) in [6, 6.07) is 0. The van der Waals surface area contributed by atoms with Crippen LogP contribution in [-0.4, -0.2) is 26.4 Å².